The molecule has 6 rings (SSSR count). The molecule has 36 heavy (non-hydrogen) atoms. The van der Waals surface area contributed by atoms with Gasteiger partial charge in [0.15, 0.2) is 11.6 Å². The van der Waals surface area contributed by atoms with Gasteiger partial charge in [-0.15, -0.1) is 22.7 Å². The first-order valence-electron chi connectivity index (χ1n) is 11.8. The lowest BCUT2D eigenvalue weighted by Crippen LogP contribution is -2.40. The first-order chi connectivity index (χ1) is 17.6. The summed E-state index contributed by atoms with van der Waals surface area (Å²) in [5, 5.41) is 2.06. The summed E-state index contributed by atoms with van der Waals surface area (Å²) in [4.78, 5) is 37.1. The van der Waals surface area contributed by atoms with Crippen LogP contribution >= 0.6 is 22.7 Å². The van der Waals surface area contributed by atoms with Gasteiger partial charge < -0.3 is 25.0 Å². The van der Waals surface area contributed by atoms with E-state index in [2.05, 4.69) is 27.2 Å². The van der Waals surface area contributed by atoms with Gasteiger partial charge in [-0.2, -0.15) is 0 Å². The van der Waals surface area contributed by atoms with Crippen molar-refractivity contribution in [1.29, 1.82) is 0 Å². The van der Waals surface area contributed by atoms with Gasteiger partial charge in [-0.1, -0.05) is 0 Å². The highest BCUT2D eigenvalue weighted by atomic mass is 32.1. The maximum atomic E-state index is 13.0. The summed E-state index contributed by atoms with van der Waals surface area (Å²) in [6, 6.07) is 2.00. The highest BCUT2D eigenvalue weighted by Crippen LogP contribution is 2.43. The van der Waals surface area contributed by atoms with Crippen LogP contribution in [0.5, 0.6) is 0 Å². The molecule has 0 aromatic carbocycles. The Morgan fingerprint density at radius 1 is 1.00 bits per heavy atom. The Kier molecular flexibility index (Phi) is 6.25. The minimum atomic E-state index is 0.0627. The van der Waals surface area contributed by atoms with Crippen molar-refractivity contribution < 1.29 is 14.3 Å². The number of hydrogen-bond acceptors (Lipinski definition) is 11. The first kappa shape index (κ1) is 23.2. The molecule has 2 saturated heterocycles. The lowest BCUT2D eigenvalue weighted by molar-refractivity contribution is 0.0306. The highest BCUT2D eigenvalue weighted by Gasteiger charge is 2.25. The molecule has 4 aromatic heterocycles. The van der Waals surface area contributed by atoms with Crippen molar-refractivity contribution in [1.82, 2.24) is 24.8 Å². The molecule has 10 nitrogen and oxygen atoms in total. The van der Waals surface area contributed by atoms with Crippen LogP contribution < -0.4 is 10.6 Å². The number of nitrogen functional groups attached to an aromatic ring is 1. The number of rotatable bonds is 4. The molecular weight excluding hydrogens is 498 g/mol. The highest BCUT2D eigenvalue weighted by molar-refractivity contribution is 7.23. The van der Waals surface area contributed by atoms with Gasteiger partial charge in [0.2, 0.25) is 5.95 Å². The first-order valence-corrected chi connectivity index (χ1v) is 13.5. The Morgan fingerprint density at radius 2 is 1.69 bits per heavy atom. The summed E-state index contributed by atoms with van der Waals surface area (Å²) in [6.45, 7) is 7.33. The predicted octanol–water partition coefficient (Wildman–Crippen LogP) is 3.08. The van der Waals surface area contributed by atoms with Gasteiger partial charge in [-0.25, -0.2) is 19.9 Å². The smallest absolute Gasteiger partial charge is 0.264 e. The molecule has 0 aliphatic carbocycles. The van der Waals surface area contributed by atoms with Crippen LogP contribution in [-0.4, -0.2) is 83.3 Å². The third kappa shape index (κ3) is 4.30. The van der Waals surface area contributed by atoms with E-state index in [0.717, 1.165) is 50.0 Å². The quantitative estimate of drug-likeness (QED) is 0.430. The number of carbonyl (C=O) groups excluding carboxylic acids is 1. The van der Waals surface area contributed by atoms with Crippen molar-refractivity contribution in [3.8, 4) is 21.8 Å². The minimum absolute atomic E-state index is 0.0627. The fraction of sp³-hybridized carbons (Fsp3) is 0.375. The van der Waals surface area contributed by atoms with Crippen molar-refractivity contribution in [2.24, 2.45) is 0 Å². The number of morpholine rings is 2. The van der Waals surface area contributed by atoms with Gasteiger partial charge in [0, 0.05) is 54.4 Å². The van der Waals surface area contributed by atoms with Crippen molar-refractivity contribution >= 4 is 50.6 Å². The number of ether oxygens (including phenoxy) is 2. The fourth-order valence-corrected chi connectivity index (χ4v) is 6.60. The number of hydrogen-bond donors (Lipinski definition) is 1. The number of aromatic nitrogens is 4. The molecule has 0 unspecified atom stereocenters. The molecule has 1 amide bonds. The number of fused-ring (bicyclic) bond motifs is 1. The summed E-state index contributed by atoms with van der Waals surface area (Å²) in [5.74, 6) is 1.72. The van der Waals surface area contributed by atoms with Crippen LogP contribution in [0.25, 0.3) is 32.0 Å². The Bertz CT molecular complexity index is 1410. The van der Waals surface area contributed by atoms with Crippen molar-refractivity contribution in [2.75, 3.05) is 63.2 Å². The predicted molar refractivity (Wildman–Crippen MR) is 141 cm³/mol. The number of nitrogens with zero attached hydrogens (tertiary/aromatic N) is 6. The molecule has 12 heteroatoms. The standard InChI is InChI=1S/C24H25N7O3S2/c1-14-18-20(36-19(14)15-10-17(35-13-15)23(32)31-4-8-34-9-5-31)22(30-2-6-33-7-3-30)29-21(28-18)16-11-26-24(25)27-12-16/h10-13H,2-9H2,1H3,(H2,25,26,27). The summed E-state index contributed by atoms with van der Waals surface area (Å²) in [5.41, 5.74) is 9.39. The molecule has 2 N–H and O–H groups in total. The Labute approximate surface area is 215 Å². The van der Waals surface area contributed by atoms with E-state index in [1.807, 2.05) is 11.0 Å². The third-order valence-corrected chi connectivity index (χ3v) is 8.60. The largest absolute Gasteiger partial charge is 0.378 e. The van der Waals surface area contributed by atoms with E-state index in [0.29, 0.717) is 50.9 Å². The van der Waals surface area contributed by atoms with Gasteiger partial charge in [0.25, 0.3) is 5.91 Å². The zero-order chi connectivity index (χ0) is 24.6. The van der Waals surface area contributed by atoms with Gasteiger partial charge in [-0.3, -0.25) is 4.79 Å². The molecule has 2 aliphatic rings. The summed E-state index contributed by atoms with van der Waals surface area (Å²) in [7, 11) is 0. The maximum Gasteiger partial charge on any atom is 0.264 e. The normalized spacial score (nSPS) is 16.6. The molecular formula is C24H25N7O3S2. The molecule has 186 valence electrons. The molecule has 4 aromatic rings. The second-order valence-electron chi connectivity index (χ2n) is 8.64. The molecule has 0 radical (unpaired) electrons. The lowest BCUT2D eigenvalue weighted by Gasteiger charge is -2.28. The van der Waals surface area contributed by atoms with Crippen LogP contribution in [0.3, 0.4) is 0 Å². The summed E-state index contributed by atoms with van der Waals surface area (Å²) < 4.78 is 12.0. The van der Waals surface area contributed by atoms with Crippen LogP contribution in [0.15, 0.2) is 23.8 Å². The molecule has 0 atom stereocenters. The van der Waals surface area contributed by atoms with Gasteiger partial charge in [0.1, 0.15) is 0 Å². The van der Waals surface area contributed by atoms with Crippen LogP contribution in [0.1, 0.15) is 15.2 Å². The maximum absolute atomic E-state index is 13.0. The Morgan fingerprint density at radius 3 is 2.42 bits per heavy atom. The van der Waals surface area contributed by atoms with Crippen molar-refractivity contribution in [3.05, 3.63) is 34.3 Å². The number of aryl methyl sites for hydroxylation is 1. The van der Waals surface area contributed by atoms with Crippen LogP contribution in [-0.2, 0) is 9.47 Å². The van der Waals surface area contributed by atoms with E-state index in [9.17, 15) is 4.79 Å². The van der Waals surface area contributed by atoms with E-state index >= 15 is 0 Å². The number of anilines is 2. The molecule has 2 aliphatic heterocycles. The number of thiophene rings is 2. The lowest BCUT2D eigenvalue weighted by atomic mass is 10.1. The Hall–Kier alpha value is -3.19. The van der Waals surface area contributed by atoms with Crippen molar-refractivity contribution in [3.63, 3.8) is 0 Å². The zero-order valence-electron chi connectivity index (χ0n) is 19.8. The van der Waals surface area contributed by atoms with E-state index < -0.39 is 0 Å². The second kappa shape index (κ2) is 9.69. The number of nitrogens with two attached hydrogens (primary N) is 1. The van der Waals surface area contributed by atoms with E-state index in [4.69, 9.17) is 25.2 Å². The molecule has 0 spiro atoms. The third-order valence-electron chi connectivity index (χ3n) is 6.36. The second-order valence-corrected chi connectivity index (χ2v) is 10.6. The monoisotopic (exact) mass is 523 g/mol. The average Bonchev–Trinajstić information content (AvgIpc) is 3.54. The summed E-state index contributed by atoms with van der Waals surface area (Å²) in [6.07, 6.45) is 3.30. The Balaban J connectivity index is 1.43. The van der Waals surface area contributed by atoms with E-state index in [1.54, 1.807) is 23.7 Å². The van der Waals surface area contributed by atoms with E-state index in [-0.39, 0.29) is 11.9 Å². The zero-order valence-corrected chi connectivity index (χ0v) is 21.4. The topological polar surface area (TPSA) is 120 Å². The van der Waals surface area contributed by atoms with Crippen LogP contribution in [0, 0.1) is 6.92 Å². The van der Waals surface area contributed by atoms with Gasteiger partial charge in [-0.05, 0) is 18.6 Å². The number of amides is 1. The average molecular weight is 524 g/mol. The fourth-order valence-electron chi connectivity index (χ4n) is 4.41. The summed E-state index contributed by atoms with van der Waals surface area (Å²) >= 11 is 3.15. The van der Waals surface area contributed by atoms with Crippen LogP contribution in [0.4, 0.5) is 11.8 Å². The molecule has 0 saturated carbocycles. The van der Waals surface area contributed by atoms with E-state index in [1.165, 1.54) is 11.3 Å². The molecule has 6 heterocycles. The number of carbonyl (C=O) groups is 1. The molecule has 2 fully saturated rings. The van der Waals surface area contributed by atoms with Crippen LogP contribution in [0.2, 0.25) is 0 Å². The van der Waals surface area contributed by atoms with Gasteiger partial charge in [0.05, 0.1) is 47.1 Å². The molecule has 0 bridgehead atoms. The van der Waals surface area contributed by atoms with Gasteiger partial charge >= 0.3 is 0 Å². The SMILES string of the molecule is Cc1c(-c2csc(C(=O)N3CCOCC3)c2)sc2c(N3CCOCC3)nc(-c3cnc(N)nc3)nc12. The minimum Gasteiger partial charge on any atom is -0.378 e. The van der Waals surface area contributed by atoms with Crippen molar-refractivity contribution in [2.45, 2.75) is 6.92 Å².